The summed E-state index contributed by atoms with van der Waals surface area (Å²) < 4.78 is 7.05. The summed E-state index contributed by atoms with van der Waals surface area (Å²) in [5.74, 6) is 1.30. The summed E-state index contributed by atoms with van der Waals surface area (Å²) in [7, 11) is 4.08. The van der Waals surface area contributed by atoms with Crippen LogP contribution in [0.3, 0.4) is 0 Å². The second kappa shape index (κ2) is 10.1. The number of para-hydroxylation sites is 1. The zero-order valence-corrected chi connectivity index (χ0v) is 20.4. The van der Waals surface area contributed by atoms with E-state index in [9.17, 15) is 4.79 Å². The molecule has 0 spiro atoms. The highest BCUT2D eigenvalue weighted by Crippen LogP contribution is 2.33. The fourth-order valence-electron chi connectivity index (χ4n) is 3.63. The zero-order valence-electron chi connectivity index (χ0n) is 19.5. The number of aromatic nitrogens is 1. The summed E-state index contributed by atoms with van der Waals surface area (Å²) in [6.45, 7) is 5.67. The standard InChI is InChI=1S/C27H29N3O2S/c1-19-14-15-24-25(20(19)2)28-27(33-24)30(17-9-16-29(3)4)26(31)21-10-8-13-23(18-21)32-22-11-6-5-7-12-22/h5-8,10-15,18H,9,16-17H2,1-4H3. The molecule has 0 aliphatic heterocycles. The minimum atomic E-state index is -0.0688. The lowest BCUT2D eigenvalue weighted by Gasteiger charge is -2.21. The van der Waals surface area contributed by atoms with E-state index in [0.29, 0.717) is 17.9 Å². The van der Waals surface area contributed by atoms with Crippen molar-refractivity contribution in [2.24, 2.45) is 0 Å². The van der Waals surface area contributed by atoms with Crippen LogP contribution in [0.5, 0.6) is 11.5 Å². The minimum Gasteiger partial charge on any atom is -0.457 e. The van der Waals surface area contributed by atoms with Gasteiger partial charge >= 0.3 is 0 Å². The van der Waals surface area contributed by atoms with Gasteiger partial charge in [0, 0.05) is 12.1 Å². The SMILES string of the molecule is Cc1ccc2sc(N(CCCN(C)C)C(=O)c3cccc(Oc4ccccc4)c3)nc2c1C. The molecule has 4 aromatic rings. The Morgan fingerprint density at radius 1 is 0.939 bits per heavy atom. The Kier molecular flexibility index (Phi) is 7.06. The van der Waals surface area contributed by atoms with Crippen LogP contribution in [0.25, 0.3) is 10.2 Å². The molecule has 1 aromatic heterocycles. The van der Waals surface area contributed by atoms with Crippen LogP contribution in [0.4, 0.5) is 5.13 Å². The Bertz CT molecular complexity index is 1250. The van der Waals surface area contributed by atoms with Crippen molar-refractivity contribution < 1.29 is 9.53 Å². The van der Waals surface area contributed by atoms with E-state index in [4.69, 9.17) is 9.72 Å². The number of nitrogens with zero attached hydrogens (tertiary/aromatic N) is 3. The van der Waals surface area contributed by atoms with Gasteiger partial charge in [0.05, 0.1) is 10.2 Å². The number of fused-ring (bicyclic) bond motifs is 1. The number of carbonyl (C=O) groups is 1. The topological polar surface area (TPSA) is 45.7 Å². The van der Waals surface area contributed by atoms with Crippen molar-refractivity contribution in [3.8, 4) is 11.5 Å². The van der Waals surface area contributed by atoms with Crippen LogP contribution in [0.15, 0.2) is 66.7 Å². The molecule has 0 atom stereocenters. The molecule has 0 aliphatic rings. The van der Waals surface area contributed by atoms with E-state index in [1.807, 2.05) is 67.5 Å². The maximum atomic E-state index is 13.7. The largest absolute Gasteiger partial charge is 0.457 e. The number of benzene rings is 3. The first-order chi connectivity index (χ1) is 15.9. The number of amides is 1. The predicted molar refractivity (Wildman–Crippen MR) is 137 cm³/mol. The van der Waals surface area contributed by atoms with Gasteiger partial charge in [-0.25, -0.2) is 4.98 Å². The molecule has 0 unspecified atom stereocenters. The lowest BCUT2D eigenvalue weighted by molar-refractivity contribution is 0.0985. The van der Waals surface area contributed by atoms with E-state index in [1.54, 1.807) is 17.4 Å². The quantitative estimate of drug-likeness (QED) is 0.310. The van der Waals surface area contributed by atoms with Gasteiger partial charge in [0.25, 0.3) is 5.91 Å². The summed E-state index contributed by atoms with van der Waals surface area (Å²) in [6.07, 6.45) is 0.854. The third kappa shape index (κ3) is 5.41. The maximum absolute atomic E-state index is 13.7. The van der Waals surface area contributed by atoms with Crippen molar-refractivity contribution >= 4 is 32.6 Å². The number of hydrogen-bond acceptors (Lipinski definition) is 5. The lowest BCUT2D eigenvalue weighted by atomic mass is 10.1. The Hall–Kier alpha value is -3.22. The monoisotopic (exact) mass is 459 g/mol. The number of rotatable bonds is 8. The molecule has 6 heteroatoms. The van der Waals surface area contributed by atoms with Gasteiger partial charge in [-0.1, -0.05) is 41.7 Å². The number of hydrogen-bond donors (Lipinski definition) is 0. The Morgan fingerprint density at radius 3 is 2.45 bits per heavy atom. The van der Waals surface area contributed by atoms with Gasteiger partial charge in [-0.2, -0.15) is 0 Å². The Morgan fingerprint density at radius 2 is 1.70 bits per heavy atom. The molecule has 0 aliphatic carbocycles. The van der Waals surface area contributed by atoms with Gasteiger partial charge in [-0.15, -0.1) is 0 Å². The molecule has 3 aromatic carbocycles. The van der Waals surface area contributed by atoms with Crippen molar-refractivity contribution in [2.75, 3.05) is 32.1 Å². The third-order valence-electron chi connectivity index (χ3n) is 5.60. The Labute approximate surface area is 199 Å². The zero-order chi connectivity index (χ0) is 23.4. The van der Waals surface area contributed by atoms with Crippen LogP contribution >= 0.6 is 11.3 Å². The van der Waals surface area contributed by atoms with Crippen molar-refractivity contribution in [3.05, 3.63) is 83.4 Å². The normalized spacial score (nSPS) is 11.2. The average molecular weight is 460 g/mol. The van der Waals surface area contributed by atoms with Gasteiger partial charge in [0.1, 0.15) is 11.5 Å². The molecule has 1 amide bonds. The molecule has 0 saturated carbocycles. The summed E-state index contributed by atoms with van der Waals surface area (Å²) in [4.78, 5) is 22.5. The maximum Gasteiger partial charge on any atom is 0.260 e. The van der Waals surface area contributed by atoms with E-state index in [1.165, 1.54) is 5.56 Å². The van der Waals surface area contributed by atoms with Crippen molar-refractivity contribution in [1.82, 2.24) is 9.88 Å². The second-order valence-electron chi connectivity index (χ2n) is 8.41. The van der Waals surface area contributed by atoms with Gasteiger partial charge in [-0.3, -0.25) is 9.69 Å². The summed E-state index contributed by atoms with van der Waals surface area (Å²) in [6, 6.07) is 21.2. The Balaban J connectivity index is 1.65. The third-order valence-corrected chi connectivity index (χ3v) is 6.64. The predicted octanol–water partition coefficient (Wildman–Crippen LogP) is 6.30. The van der Waals surface area contributed by atoms with E-state index in [-0.39, 0.29) is 5.91 Å². The first-order valence-electron chi connectivity index (χ1n) is 11.1. The first-order valence-corrected chi connectivity index (χ1v) is 11.9. The molecule has 0 radical (unpaired) electrons. The highest BCUT2D eigenvalue weighted by Gasteiger charge is 2.22. The number of aryl methyl sites for hydroxylation is 2. The minimum absolute atomic E-state index is 0.0688. The molecule has 5 nitrogen and oxygen atoms in total. The summed E-state index contributed by atoms with van der Waals surface area (Å²) >= 11 is 1.57. The highest BCUT2D eigenvalue weighted by molar-refractivity contribution is 7.22. The van der Waals surface area contributed by atoms with Crippen LogP contribution in [-0.4, -0.2) is 43.0 Å². The van der Waals surface area contributed by atoms with Crippen LogP contribution in [-0.2, 0) is 0 Å². The van der Waals surface area contributed by atoms with Gasteiger partial charge < -0.3 is 9.64 Å². The molecule has 1 heterocycles. The lowest BCUT2D eigenvalue weighted by Crippen LogP contribution is -2.33. The summed E-state index contributed by atoms with van der Waals surface area (Å²) in [5.41, 5.74) is 3.92. The first kappa shape index (κ1) is 23.0. The molecule has 0 N–H and O–H groups in total. The molecule has 33 heavy (non-hydrogen) atoms. The van der Waals surface area contributed by atoms with Crippen molar-refractivity contribution in [1.29, 1.82) is 0 Å². The molecular formula is C27H29N3O2S. The smallest absolute Gasteiger partial charge is 0.260 e. The van der Waals surface area contributed by atoms with E-state index in [2.05, 4.69) is 30.9 Å². The number of thiazole rings is 1. The second-order valence-corrected chi connectivity index (χ2v) is 9.42. The van der Waals surface area contributed by atoms with Crippen LogP contribution < -0.4 is 9.64 Å². The number of anilines is 1. The van der Waals surface area contributed by atoms with Gasteiger partial charge in [0.15, 0.2) is 5.13 Å². The number of carbonyl (C=O) groups excluding carboxylic acids is 1. The van der Waals surface area contributed by atoms with E-state index in [0.717, 1.165) is 39.6 Å². The molecule has 4 rings (SSSR count). The summed E-state index contributed by atoms with van der Waals surface area (Å²) in [5, 5.41) is 0.733. The average Bonchev–Trinajstić information content (AvgIpc) is 3.24. The molecular weight excluding hydrogens is 430 g/mol. The van der Waals surface area contributed by atoms with E-state index >= 15 is 0 Å². The molecule has 0 bridgehead atoms. The van der Waals surface area contributed by atoms with Crippen LogP contribution in [0.1, 0.15) is 27.9 Å². The molecule has 0 saturated heterocycles. The van der Waals surface area contributed by atoms with Gasteiger partial charge in [0.2, 0.25) is 0 Å². The highest BCUT2D eigenvalue weighted by atomic mass is 32.1. The molecule has 0 fully saturated rings. The fourth-order valence-corrected chi connectivity index (χ4v) is 4.68. The fraction of sp³-hybridized carbons (Fsp3) is 0.259. The van der Waals surface area contributed by atoms with Crippen molar-refractivity contribution in [2.45, 2.75) is 20.3 Å². The van der Waals surface area contributed by atoms with E-state index < -0.39 is 0 Å². The van der Waals surface area contributed by atoms with Crippen LogP contribution in [0, 0.1) is 13.8 Å². The van der Waals surface area contributed by atoms with Gasteiger partial charge in [-0.05, 0) is 88.4 Å². The molecule has 170 valence electrons. The van der Waals surface area contributed by atoms with Crippen LogP contribution in [0.2, 0.25) is 0 Å². The number of ether oxygens (including phenoxy) is 1. The van der Waals surface area contributed by atoms with Crippen molar-refractivity contribution in [3.63, 3.8) is 0 Å².